The fourth-order valence-corrected chi connectivity index (χ4v) is 4.74. The molecule has 0 aromatic heterocycles. The highest BCUT2D eigenvalue weighted by Crippen LogP contribution is 2.21. The van der Waals surface area contributed by atoms with Gasteiger partial charge in [0.25, 0.3) is 11.8 Å². The number of hydrogen-bond donors (Lipinski definition) is 2. The first-order valence-electron chi connectivity index (χ1n) is 10.6. The Hall–Kier alpha value is -3.43. The molecule has 0 aliphatic heterocycles. The maximum absolute atomic E-state index is 12.5. The lowest BCUT2D eigenvalue weighted by atomic mass is 10.1. The highest BCUT2D eigenvalue weighted by molar-refractivity contribution is 7.89. The topological polar surface area (TPSA) is 105 Å². The van der Waals surface area contributed by atoms with Crippen molar-refractivity contribution in [2.24, 2.45) is 0 Å². The zero-order valence-electron chi connectivity index (χ0n) is 18.7. The normalized spacial score (nSPS) is 12.4. The predicted molar refractivity (Wildman–Crippen MR) is 126 cm³/mol. The van der Waals surface area contributed by atoms with Crippen LogP contribution >= 0.6 is 0 Å². The van der Waals surface area contributed by atoms with Crippen LogP contribution in [0.1, 0.15) is 31.1 Å². The van der Waals surface area contributed by atoms with Crippen molar-refractivity contribution in [2.75, 3.05) is 13.1 Å². The van der Waals surface area contributed by atoms with Gasteiger partial charge in [-0.25, -0.2) is 8.42 Å². The fraction of sp³-hybridized carbons (Fsp3) is 0.250. The molecule has 2 amide bonds. The van der Waals surface area contributed by atoms with Gasteiger partial charge < -0.3 is 4.74 Å². The number of nitrogens with zero attached hydrogens (tertiary/aromatic N) is 1. The molecule has 3 aromatic rings. The summed E-state index contributed by atoms with van der Waals surface area (Å²) in [7, 11) is -3.61. The van der Waals surface area contributed by atoms with E-state index in [1.807, 2.05) is 36.4 Å². The van der Waals surface area contributed by atoms with Crippen LogP contribution in [0.3, 0.4) is 0 Å². The Morgan fingerprint density at radius 3 is 2.18 bits per heavy atom. The molecule has 174 valence electrons. The van der Waals surface area contributed by atoms with Crippen molar-refractivity contribution in [3.8, 4) is 5.75 Å². The highest BCUT2D eigenvalue weighted by Gasteiger charge is 2.22. The second-order valence-corrected chi connectivity index (χ2v) is 9.26. The lowest BCUT2D eigenvalue weighted by Gasteiger charge is -2.18. The highest BCUT2D eigenvalue weighted by atomic mass is 32.2. The summed E-state index contributed by atoms with van der Waals surface area (Å²) in [5, 5.41) is 2.05. The average molecular weight is 470 g/mol. The largest absolute Gasteiger partial charge is 0.481 e. The third-order valence-corrected chi connectivity index (χ3v) is 7.23. The zero-order chi connectivity index (χ0) is 24.0. The van der Waals surface area contributed by atoms with Crippen LogP contribution < -0.4 is 15.6 Å². The van der Waals surface area contributed by atoms with E-state index >= 15 is 0 Å². The predicted octanol–water partition coefficient (Wildman–Crippen LogP) is 3.10. The van der Waals surface area contributed by atoms with Crippen molar-refractivity contribution >= 4 is 32.6 Å². The summed E-state index contributed by atoms with van der Waals surface area (Å²) in [6, 6.07) is 18.8. The Morgan fingerprint density at radius 1 is 0.909 bits per heavy atom. The average Bonchev–Trinajstić information content (AvgIpc) is 2.82. The van der Waals surface area contributed by atoms with E-state index in [1.54, 1.807) is 26.8 Å². The van der Waals surface area contributed by atoms with Crippen LogP contribution in [0.5, 0.6) is 5.75 Å². The molecule has 2 N–H and O–H groups in total. The number of sulfonamides is 1. The molecule has 0 bridgehead atoms. The molecule has 8 nitrogen and oxygen atoms in total. The van der Waals surface area contributed by atoms with E-state index in [1.165, 1.54) is 28.6 Å². The van der Waals surface area contributed by atoms with Gasteiger partial charge in [0, 0.05) is 18.7 Å². The van der Waals surface area contributed by atoms with Gasteiger partial charge in [-0.2, -0.15) is 4.31 Å². The Balaban J connectivity index is 1.57. The molecule has 0 radical (unpaired) electrons. The number of carbonyl (C=O) groups excluding carboxylic acids is 2. The minimum atomic E-state index is -3.61. The number of hydrogen-bond acceptors (Lipinski definition) is 5. The van der Waals surface area contributed by atoms with Crippen LogP contribution in [-0.4, -0.2) is 43.7 Å². The second kappa shape index (κ2) is 10.5. The molecule has 0 aliphatic rings. The van der Waals surface area contributed by atoms with Crippen LogP contribution in [0.25, 0.3) is 10.8 Å². The van der Waals surface area contributed by atoms with Gasteiger partial charge in [0.15, 0.2) is 6.10 Å². The smallest absolute Gasteiger partial charge is 0.279 e. The molecular weight excluding hydrogens is 442 g/mol. The fourth-order valence-electron chi connectivity index (χ4n) is 3.28. The number of rotatable bonds is 8. The molecule has 1 atom stereocenters. The van der Waals surface area contributed by atoms with Crippen molar-refractivity contribution in [3.05, 3.63) is 72.3 Å². The van der Waals surface area contributed by atoms with Gasteiger partial charge in [0.2, 0.25) is 10.0 Å². The van der Waals surface area contributed by atoms with E-state index in [0.717, 1.165) is 10.8 Å². The van der Waals surface area contributed by atoms with Crippen molar-refractivity contribution in [2.45, 2.75) is 31.8 Å². The van der Waals surface area contributed by atoms with Gasteiger partial charge in [0.05, 0.1) is 4.90 Å². The number of fused-ring (bicyclic) bond motifs is 1. The number of nitrogens with one attached hydrogen (secondary N) is 2. The van der Waals surface area contributed by atoms with Crippen LogP contribution in [0.15, 0.2) is 71.6 Å². The Bertz CT molecular complexity index is 1240. The molecule has 33 heavy (non-hydrogen) atoms. The first kappa shape index (κ1) is 24.2. The molecule has 9 heteroatoms. The Labute approximate surface area is 193 Å². The van der Waals surface area contributed by atoms with E-state index in [-0.39, 0.29) is 10.5 Å². The molecule has 0 saturated heterocycles. The zero-order valence-corrected chi connectivity index (χ0v) is 19.6. The van der Waals surface area contributed by atoms with E-state index in [4.69, 9.17) is 4.74 Å². The van der Waals surface area contributed by atoms with E-state index in [0.29, 0.717) is 18.8 Å². The van der Waals surface area contributed by atoms with Gasteiger partial charge in [-0.15, -0.1) is 0 Å². The third kappa shape index (κ3) is 5.68. The summed E-state index contributed by atoms with van der Waals surface area (Å²) >= 11 is 0. The first-order chi connectivity index (χ1) is 15.8. The Kier molecular flexibility index (Phi) is 7.67. The quantitative estimate of drug-likeness (QED) is 0.493. The molecule has 0 aliphatic carbocycles. The molecule has 0 fully saturated rings. The molecule has 0 saturated carbocycles. The summed E-state index contributed by atoms with van der Waals surface area (Å²) in [5.74, 6) is -0.571. The minimum absolute atomic E-state index is 0.101. The van der Waals surface area contributed by atoms with E-state index < -0.39 is 27.9 Å². The summed E-state index contributed by atoms with van der Waals surface area (Å²) < 4.78 is 32.1. The summed E-state index contributed by atoms with van der Waals surface area (Å²) in [6.45, 7) is 5.80. The van der Waals surface area contributed by atoms with Gasteiger partial charge in [-0.1, -0.05) is 44.2 Å². The SMILES string of the molecule is CCN(CC)S(=O)(=O)c1ccc(C(=O)NNC(=O)[C@@H](C)Oc2ccc3ccccc3c2)cc1. The lowest BCUT2D eigenvalue weighted by Crippen LogP contribution is -2.47. The number of benzene rings is 3. The number of carbonyl (C=O) groups is 2. The second-order valence-electron chi connectivity index (χ2n) is 7.33. The van der Waals surface area contributed by atoms with Gasteiger partial charge >= 0.3 is 0 Å². The summed E-state index contributed by atoms with van der Waals surface area (Å²) in [5.41, 5.74) is 4.85. The molecule has 0 heterocycles. The number of ether oxygens (including phenoxy) is 1. The molecule has 3 aromatic carbocycles. The molecule has 3 rings (SSSR count). The van der Waals surface area contributed by atoms with Gasteiger partial charge in [-0.3, -0.25) is 20.4 Å². The van der Waals surface area contributed by atoms with Crippen LogP contribution in [0.4, 0.5) is 0 Å². The van der Waals surface area contributed by atoms with Crippen molar-refractivity contribution < 1.29 is 22.7 Å². The lowest BCUT2D eigenvalue weighted by molar-refractivity contribution is -0.128. The number of amides is 2. The van der Waals surface area contributed by atoms with Gasteiger partial charge in [-0.05, 0) is 54.1 Å². The number of hydrazine groups is 1. The summed E-state index contributed by atoms with van der Waals surface area (Å²) in [6.07, 6.45) is -0.854. The van der Waals surface area contributed by atoms with Crippen molar-refractivity contribution in [3.63, 3.8) is 0 Å². The van der Waals surface area contributed by atoms with E-state index in [9.17, 15) is 18.0 Å². The first-order valence-corrected chi connectivity index (χ1v) is 12.1. The molecular formula is C24H27N3O5S. The monoisotopic (exact) mass is 469 g/mol. The minimum Gasteiger partial charge on any atom is -0.481 e. The van der Waals surface area contributed by atoms with Crippen molar-refractivity contribution in [1.82, 2.24) is 15.2 Å². The Morgan fingerprint density at radius 2 is 1.55 bits per heavy atom. The third-order valence-electron chi connectivity index (χ3n) is 5.16. The standard InChI is InChI=1S/C24H27N3O5S/c1-4-27(5-2)33(30,31)22-14-11-19(12-15-22)24(29)26-25-23(28)17(3)32-21-13-10-18-8-6-7-9-20(18)16-21/h6-17H,4-5H2,1-3H3,(H,25,28)(H,26,29)/t17-/m1/s1. The van der Waals surface area contributed by atoms with Crippen LogP contribution in [0, 0.1) is 0 Å². The maximum Gasteiger partial charge on any atom is 0.279 e. The van der Waals surface area contributed by atoms with Crippen LogP contribution in [-0.2, 0) is 14.8 Å². The van der Waals surface area contributed by atoms with Crippen molar-refractivity contribution in [1.29, 1.82) is 0 Å². The molecule has 0 unspecified atom stereocenters. The van der Waals surface area contributed by atoms with E-state index in [2.05, 4.69) is 10.9 Å². The van der Waals surface area contributed by atoms with Crippen LogP contribution in [0.2, 0.25) is 0 Å². The van der Waals surface area contributed by atoms with Gasteiger partial charge in [0.1, 0.15) is 5.75 Å². The molecule has 0 spiro atoms. The summed E-state index contributed by atoms with van der Waals surface area (Å²) in [4.78, 5) is 24.8. The maximum atomic E-state index is 12.5.